The lowest BCUT2D eigenvalue weighted by molar-refractivity contribution is -0.384. The van der Waals surface area contributed by atoms with Gasteiger partial charge < -0.3 is 4.90 Å². The zero-order valence-corrected chi connectivity index (χ0v) is 16.0. The lowest BCUT2D eigenvalue weighted by atomic mass is 9.68. The molecule has 5 rings (SSSR count). The summed E-state index contributed by atoms with van der Waals surface area (Å²) < 4.78 is 0. The number of aliphatic imine (C=N–C) groups is 1. The molecular weight excluding hydrogens is 326 g/mol. The van der Waals surface area contributed by atoms with Crippen LogP contribution in [0.1, 0.15) is 51.5 Å². The molecule has 2 unspecified atom stereocenters. The molecule has 2 saturated carbocycles. The smallest absolute Gasteiger partial charge is 0.269 e. The number of hydrogen-bond donors (Lipinski definition) is 0. The van der Waals surface area contributed by atoms with Crippen LogP contribution in [0.4, 0.5) is 11.4 Å². The van der Waals surface area contributed by atoms with E-state index in [9.17, 15) is 10.1 Å². The Balaban J connectivity index is 1.74. The maximum absolute atomic E-state index is 11.0. The fraction of sp³-hybridized carbons (Fsp3) is 0.667. The van der Waals surface area contributed by atoms with Gasteiger partial charge in [0.15, 0.2) is 0 Å². The van der Waals surface area contributed by atoms with Crippen LogP contribution in [-0.4, -0.2) is 28.2 Å². The largest absolute Gasteiger partial charge is 0.357 e. The molecule has 2 aliphatic carbocycles. The second kappa shape index (κ2) is 6.67. The summed E-state index contributed by atoms with van der Waals surface area (Å²) in [7, 11) is 0. The molecule has 0 aromatic heterocycles. The van der Waals surface area contributed by atoms with Gasteiger partial charge in [0.2, 0.25) is 0 Å². The maximum Gasteiger partial charge on any atom is 0.269 e. The molecule has 4 fully saturated rings. The minimum absolute atomic E-state index is 0.145. The second-order valence-corrected chi connectivity index (χ2v) is 9.01. The number of hydrogen-bond acceptors (Lipinski definition) is 3. The van der Waals surface area contributed by atoms with Crippen molar-refractivity contribution in [3.8, 4) is 0 Å². The van der Waals surface area contributed by atoms with Gasteiger partial charge in [-0.3, -0.25) is 10.1 Å². The average molecular weight is 355 g/mol. The first-order chi connectivity index (χ1) is 12.4. The number of rotatable bonds is 4. The van der Waals surface area contributed by atoms with E-state index in [2.05, 4.69) is 18.7 Å². The molecular formula is C21H29N3O2. The Bertz CT molecular complexity index is 729. The van der Waals surface area contributed by atoms with E-state index in [4.69, 9.17) is 4.99 Å². The quantitative estimate of drug-likeness (QED) is 0.558. The van der Waals surface area contributed by atoms with Crippen LogP contribution in [-0.2, 0) is 0 Å². The molecule has 2 heterocycles. The van der Waals surface area contributed by atoms with E-state index < -0.39 is 0 Å². The summed E-state index contributed by atoms with van der Waals surface area (Å²) in [5, 5.41) is 11.0. The Hall–Kier alpha value is -1.91. The van der Waals surface area contributed by atoms with Crippen molar-refractivity contribution < 1.29 is 4.92 Å². The van der Waals surface area contributed by atoms with Gasteiger partial charge in [-0.2, -0.15) is 0 Å². The lowest BCUT2D eigenvalue weighted by Gasteiger charge is -2.39. The fourth-order valence-electron chi connectivity index (χ4n) is 5.50. The van der Waals surface area contributed by atoms with Crippen LogP contribution >= 0.6 is 0 Å². The zero-order chi connectivity index (χ0) is 18.4. The lowest BCUT2D eigenvalue weighted by Crippen LogP contribution is -2.43. The molecule has 140 valence electrons. The van der Waals surface area contributed by atoms with Gasteiger partial charge in [-0.15, -0.1) is 0 Å². The van der Waals surface area contributed by atoms with E-state index in [0.717, 1.165) is 29.6 Å². The van der Waals surface area contributed by atoms with Gasteiger partial charge in [0.05, 0.1) is 10.6 Å². The molecule has 2 atom stereocenters. The minimum Gasteiger partial charge on any atom is -0.357 e. The highest BCUT2D eigenvalue weighted by Gasteiger charge is 2.45. The Morgan fingerprint density at radius 3 is 2.46 bits per heavy atom. The van der Waals surface area contributed by atoms with Crippen LogP contribution in [0, 0.1) is 40.7 Å². The molecule has 0 spiro atoms. The number of aryl methyl sites for hydroxylation is 1. The highest BCUT2D eigenvalue weighted by Crippen LogP contribution is 2.49. The molecule has 0 radical (unpaired) electrons. The number of fused-ring (bicyclic) bond motifs is 1. The summed E-state index contributed by atoms with van der Waals surface area (Å²) in [6, 6.07) is 5.68. The van der Waals surface area contributed by atoms with E-state index in [1.807, 2.05) is 13.0 Å². The number of non-ortho nitro benzene ring substituents is 1. The molecule has 0 amide bonds. The van der Waals surface area contributed by atoms with Crippen molar-refractivity contribution in [1.82, 2.24) is 4.90 Å². The van der Waals surface area contributed by atoms with Crippen molar-refractivity contribution in [3.63, 3.8) is 0 Å². The zero-order valence-electron chi connectivity index (χ0n) is 16.0. The van der Waals surface area contributed by atoms with Crippen molar-refractivity contribution in [2.75, 3.05) is 6.54 Å². The molecule has 2 saturated heterocycles. The highest BCUT2D eigenvalue weighted by molar-refractivity contribution is 5.88. The summed E-state index contributed by atoms with van der Waals surface area (Å²) in [6.45, 7) is 7.56. The number of benzene rings is 1. The maximum atomic E-state index is 11.0. The topological polar surface area (TPSA) is 58.7 Å². The molecule has 4 bridgehead atoms. The van der Waals surface area contributed by atoms with E-state index in [0.29, 0.717) is 17.9 Å². The summed E-state index contributed by atoms with van der Waals surface area (Å²) in [5.74, 6) is 4.13. The average Bonchev–Trinajstić information content (AvgIpc) is 2.71. The van der Waals surface area contributed by atoms with Crippen molar-refractivity contribution in [1.29, 1.82) is 0 Å². The van der Waals surface area contributed by atoms with E-state index in [-0.39, 0.29) is 10.6 Å². The Morgan fingerprint density at radius 2 is 1.88 bits per heavy atom. The Labute approximate surface area is 155 Å². The predicted octanol–water partition coefficient (Wildman–Crippen LogP) is 5.10. The van der Waals surface area contributed by atoms with Crippen LogP contribution in [0.3, 0.4) is 0 Å². The van der Waals surface area contributed by atoms with Crippen LogP contribution in [0.15, 0.2) is 23.2 Å². The first-order valence-corrected chi connectivity index (χ1v) is 10.0. The predicted molar refractivity (Wildman–Crippen MR) is 104 cm³/mol. The summed E-state index contributed by atoms with van der Waals surface area (Å²) in [5.41, 5.74) is 1.92. The standard InChI is InChI=1S/C21H29N3O2/c1-13(2)12-23-19-10-15-7-16(11-19)9-17(8-15)21(23)22-20-5-4-18(24(25)26)6-14(20)3/h4-6,13,15-17,19H,7-12H2,1-3H3. The molecule has 2 aliphatic heterocycles. The van der Waals surface area contributed by atoms with Gasteiger partial charge in [0, 0.05) is 30.6 Å². The van der Waals surface area contributed by atoms with Crippen molar-refractivity contribution >= 4 is 17.2 Å². The van der Waals surface area contributed by atoms with Gasteiger partial charge in [0.25, 0.3) is 5.69 Å². The van der Waals surface area contributed by atoms with Crippen LogP contribution in [0.25, 0.3) is 0 Å². The summed E-state index contributed by atoms with van der Waals surface area (Å²) in [4.78, 5) is 18.4. The van der Waals surface area contributed by atoms with E-state index in [1.54, 1.807) is 12.1 Å². The van der Waals surface area contributed by atoms with Crippen molar-refractivity contribution in [2.45, 2.75) is 58.9 Å². The first kappa shape index (κ1) is 17.5. The van der Waals surface area contributed by atoms with Crippen LogP contribution in [0.5, 0.6) is 0 Å². The molecule has 5 heteroatoms. The molecule has 0 N–H and O–H groups in total. The normalized spacial score (nSPS) is 31.7. The van der Waals surface area contributed by atoms with Gasteiger partial charge in [-0.05, 0) is 68.4 Å². The molecule has 4 aliphatic rings. The fourth-order valence-corrected chi connectivity index (χ4v) is 5.50. The van der Waals surface area contributed by atoms with Crippen molar-refractivity contribution in [3.05, 3.63) is 33.9 Å². The van der Waals surface area contributed by atoms with Crippen LogP contribution in [0.2, 0.25) is 0 Å². The molecule has 1 aromatic rings. The molecule has 26 heavy (non-hydrogen) atoms. The van der Waals surface area contributed by atoms with Gasteiger partial charge in [-0.25, -0.2) is 4.99 Å². The summed E-state index contributed by atoms with van der Waals surface area (Å²) >= 11 is 0. The monoisotopic (exact) mass is 355 g/mol. The number of nitro groups is 1. The summed E-state index contributed by atoms with van der Waals surface area (Å²) in [6.07, 6.45) is 6.58. The van der Waals surface area contributed by atoms with Crippen molar-refractivity contribution in [2.24, 2.45) is 28.7 Å². The highest BCUT2D eigenvalue weighted by atomic mass is 16.6. The first-order valence-electron chi connectivity index (χ1n) is 10.0. The van der Waals surface area contributed by atoms with E-state index >= 15 is 0 Å². The van der Waals surface area contributed by atoms with Gasteiger partial charge in [0.1, 0.15) is 5.84 Å². The number of nitrogens with zero attached hydrogens (tertiary/aromatic N) is 3. The third-order valence-corrected chi connectivity index (χ3v) is 6.40. The van der Waals surface area contributed by atoms with Gasteiger partial charge in [-0.1, -0.05) is 13.8 Å². The molecule has 5 nitrogen and oxygen atoms in total. The van der Waals surface area contributed by atoms with Crippen LogP contribution < -0.4 is 0 Å². The van der Waals surface area contributed by atoms with E-state index in [1.165, 1.54) is 37.9 Å². The Morgan fingerprint density at radius 1 is 1.19 bits per heavy atom. The minimum atomic E-state index is -0.332. The van der Waals surface area contributed by atoms with Gasteiger partial charge >= 0.3 is 0 Å². The third kappa shape index (κ3) is 3.24. The number of nitro benzene ring substituents is 1. The number of amidine groups is 1. The Kier molecular flexibility index (Phi) is 4.49. The second-order valence-electron chi connectivity index (χ2n) is 9.01. The third-order valence-electron chi connectivity index (χ3n) is 6.40. The SMILES string of the molecule is Cc1cc([N+](=O)[O-])ccc1N=C1C2CC3CC(C2)CC(C3)N1CC(C)C. The molecule has 1 aromatic carbocycles.